The van der Waals surface area contributed by atoms with Gasteiger partial charge < -0.3 is 15.7 Å². The van der Waals surface area contributed by atoms with Gasteiger partial charge in [-0.1, -0.05) is 6.92 Å². The first kappa shape index (κ1) is 14.9. The van der Waals surface area contributed by atoms with Crippen molar-refractivity contribution in [3.63, 3.8) is 0 Å². The molecule has 1 heterocycles. The van der Waals surface area contributed by atoms with Crippen LogP contribution in [-0.2, 0) is 0 Å². The lowest BCUT2D eigenvalue weighted by Gasteiger charge is -2.15. The Morgan fingerprint density at radius 1 is 1.22 bits per heavy atom. The Morgan fingerprint density at radius 3 is 2.50 bits per heavy atom. The van der Waals surface area contributed by atoms with E-state index < -0.39 is 0 Å². The summed E-state index contributed by atoms with van der Waals surface area (Å²) in [5.41, 5.74) is 0. The Kier molecular flexibility index (Phi) is 6.07. The number of hydrogen-bond donors (Lipinski definition) is 3. The van der Waals surface area contributed by atoms with Crippen LogP contribution < -0.4 is 10.6 Å². The van der Waals surface area contributed by atoms with Gasteiger partial charge in [0.05, 0.1) is 6.10 Å². The number of nitrogens with zero attached hydrogens (tertiary/aromatic N) is 3. The summed E-state index contributed by atoms with van der Waals surface area (Å²) in [6.45, 7) is 6.53. The van der Waals surface area contributed by atoms with E-state index in [0.717, 1.165) is 13.0 Å². The van der Waals surface area contributed by atoms with Crippen LogP contribution in [0, 0.1) is 0 Å². The van der Waals surface area contributed by atoms with Crippen molar-refractivity contribution in [3.8, 4) is 0 Å². The monoisotopic (exact) mass is 273 g/mol. The number of aliphatic hydroxyl groups excluding tert-OH is 1. The average Bonchev–Trinajstić information content (AvgIpc) is 2.24. The molecule has 0 aliphatic rings. The molecule has 18 heavy (non-hydrogen) atoms. The van der Waals surface area contributed by atoms with Crippen LogP contribution in [0.5, 0.6) is 0 Å². The van der Waals surface area contributed by atoms with Crippen LogP contribution in [0.25, 0.3) is 0 Å². The number of aromatic nitrogens is 3. The van der Waals surface area contributed by atoms with Crippen LogP contribution in [0.15, 0.2) is 0 Å². The molecular weight excluding hydrogens is 254 g/mol. The summed E-state index contributed by atoms with van der Waals surface area (Å²) in [4.78, 5) is 12.2. The zero-order valence-corrected chi connectivity index (χ0v) is 11.7. The topological polar surface area (TPSA) is 83.0 Å². The van der Waals surface area contributed by atoms with E-state index in [9.17, 15) is 5.11 Å². The summed E-state index contributed by atoms with van der Waals surface area (Å²) in [5.74, 6) is 0.880. The highest BCUT2D eigenvalue weighted by molar-refractivity contribution is 6.28. The van der Waals surface area contributed by atoms with Crippen molar-refractivity contribution in [2.45, 2.75) is 45.8 Å². The highest BCUT2D eigenvalue weighted by Gasteiger charge is 2.09. The van der Waals surface area contributed by atoms with Crippen molar-refractivity contribution >= 4 is 23.5 Å². The van der Waals surface area contributed by atoms with Gasteiger partial charge in [0.2, 0.25) is 17.2 Å². The summed E-state index contributed by atoms with van der Waals surface area (Å²) in [7, 11) is 0. The molecule has 0 saturated heterocycles. The molecule has 6 nitrogen and oxygen atoms in total. The van der Waals surface area contributed by atoms with Gasteiger partial charge in [0.1, 0.15) is 0 Å². The second kappa shape index (κ2) is 7.33. The molecule has 0 bridgehead atoms. The molecule has 0 spiro atoms. The van der Waals surface area contributed by atoms with E-state index >= 15 is 0 Å². The van der Waals surface area contributed by atoms with Crippen LogP contribution in [-0.4, -0.2) is 38.7 Å². The molecular formula is C11H20ClN5O. The molecule has 1 aromatic rings. The first-order valence-corrected chi connectivity index (χ1v) is 6.49. The van der Waals surface area contributed by atoms with Crippen molar-refractivity contribution in [1.82, 2.24) is 15.0 Å². The van der Waals surface area contributed by atoms with Gasteiger partial charge in [-0.3, -0.25) is 0 Å². The Morgan fingerprint density at radius 2 is 1.89 bits per heavy atom. The number of hydrogen-bond acceptors (Lipinski definition) is 6. The highest BCUT2D eigenvalue weighted by Crippen LogP contribution is 2.11. The number of halogens is 1. The smallest absolute Gasteiger partial charge is 0.229 e. The summed E-state index contributed by atoms with van der Waals surface area (Å²) in [6.07, 6.45) is 1.22. The van der Waals surface area contributed by atoms with E-state index in [4.69, 9.17) is 11.6 Å². The van der Waals surface area contributed by atoms with Gasteiger partial charge in [0.15, 0.2) is 0 Å². The minimum absolute atomic E-state index is 0.0579. The molecule has 0 aromatic carbocycles. The van der Waals surface area contributed by atoms with Crippen molar-refractivity contribution in [1.29, 1.82) is 0 Å². The van der Waals surface area contributed by atoms with Crippen LogP contribution >= 0.6 is 11.6 Å². The summed E-state index contributed by atoms with van der Waals surface area (Å²) in [5, 5.41) is 15.6. The fraction of sp³-hybridized carbons (Fsp3) is 0.727. The van der Waals surface area contributed by atoms with E-state index in [2.05, 4.69) is 32.5 Å². The minimum Gasteiger partial charge on any atom is -0.393 e. The molecule has 3 N–H and O–H groups in total. The van der Waals surface area contributed by atoms with Crippen molar-refractivity contribution in [2.75, 3.05) is 17.2 Å². The van der Waals surface area contributed by atoms with Gasteiger partial charge in [-0.05, 0) is 38.3 Å². The number of nitrogens with one attached hydrogen (secondary N) is 2. The Hall–Kier alpha value is -1.14. The van der Waals surface area contributed by atoms with Crippen LogP contribution in [0.3, 0.4) is 0 Å². The molecule has 0 radical (unpaired) electrons. The van der Waals surface area contributed by atoms with E-state index in [1.807, 2.05) is 6.92 Å². The number of aliphatic hydroxyl groups is 1. The van der Waals surface area contributed by atoms with E-state index in [0.29, 0.717) is 18.3 Å². The van der Waals surface area contributed by atoms with E-state index in [-0.39, 0.29) is 17.4 Å². The first-order valence-electron chi connectivity index (χ1n) is 6.11. The van der Waals surface area contributed by atoms with E-state index in [1.54, 1.807) is 6.92 Å². The van der Waals surface area contributed by atoms with E-state index in [1.165, 1.54) is 0 Å². The molecule has 2 unspecified atom stereocenters. The summed E-state index contributed by atoms with van der Waals surface area (Å²) >= 11 is 5.83. The Labute approximate surface area is 112 Å². The van der Waals surface area contributed by atoms with Crippen molar-refractivity contribution in [3.05, 3.63) is 5.28 Å². The third kappa shape index (κ3) is 5.46. The third-order valence-electron chi connectivity index (χ3n) is 2.21. The Bertz CT molecular complexity index is 374. The van der Waals surface area contributed by atoms with Crippen molar-refractivity contribution in [2.24, 2.45) is 0 Å². The normalized spacial score (nSPS) is 14.1. The maximum Gasteiger partial charge on any atom is 0.229 e. The van der Waals surface area contributed by atoms with Gasteiger partial charge in [-0.15, -0.1) is 0 Å². The first-order chi connectivity index (χ1) is 8.51. The van der Waals surface area contributed by atoms with Crippen LogP contribution in [0.2, 0.25) is 5.28 Å². The predicted molar refractivity (Wildman–Crippen MR) is 73.0 cm³/mol. The molecule has 7 heteroatoms. The quantitative estimate of drug-likeness (QED) is 0.704. The zero-order valence-electron chi connectivity index (χ0n) is 10.9. The maximum atomic E-state index is 9.29. The molecule has 0 aliphatic heterocycles. The second-order valence-corrected chi connectivity index (χ2v) is 4.65. The molecule has 1 aromatic heterocycles. The highest BCUT2D eigenvalue weighted by atomic mass is 35.5. The molecule has 0 fully saturated rings. The van der Waals surface area contributed by atoms with Gasteiger partial charge in [0, 0.05) is 12.6 Å². The molecule has 102 valence electrons. The third-order valence-corrected chi connectivity index (χ3v) is 2.38. The number of rotatable bonds is 7. The zero-order chi connectivity index (χ0) is 13.5. The van der Waals surface area contributed by atoms with Gasteiger partial charge in [-0.25, -0.2) is 0 Å². The number of anilines is 2. The standard InChI is InChI=1S/C11H20ClN5O/c1-4-5-13-10-15-9(12)16-11(17-10)14-7(2)6-8(3)18/h7-8,18H,4-6H2,1-3H3,(H2,13,14,15,16,17). The minimum atomic E-state index is -0.373. The van der Waals surface area contributed by atoms with Crippen LogP contribution in [0.4, 0.5) is 11.9 Å². The summed E-state index contributed by atoms with van der Waals surface area (Å²) in [6, 6.07) is 0.0579. The summed E-state index contributed by atoms with van der Waals surface area (Å²) < 4.78 is 0. The average molecular weight is 274 g/mol. The molecule has 2 atom stereocenters. The maximum absolute atomic E-state index is 9.29. The van der Waals surface area contributed by atoms with Crippen LogP contribution in [0.1, 0.15) is 33.6 Å². The fourth-order valence-corrected chi connectivity index (χ4v) is 1.68. The lowest BCUT2D eigenvalue weighted by Crippen LogP contribution is -2.22. The van der Waals surface area contributed by atoms with Gasteiger partial charge >= 0.3 is 0 Å². The van der Waals surface area contributed by atoms with Gasteiger partial charge in [-0.2, -0.15) is 15.0 Å². The molecule has 0 amide bonds. The SMILES string of the molecule is CCCNc1nc(Cl)nc(NC(C)CC(C)O)n1. The van der Waals surface area contributed by atoms with Crippen molar-refractivity contribution < 1.29 is 5.11 Å². The molecule has 0 aliphatic carbocycles. The predicted octanol–water partition coefficient (Wildman–Crippen LogP) is 1.92. The Balaban J connectivity index is 2.67. The second-order valence-electron chi connectivity index (χ2n) is 4.31. The lowest BCUT2D eigenvalue weighted by atomic mass is 10.2. The molecule has 0 saturated carbocycles. The fourth-order valence-electron chi connectivity index (χ4n) is 1.52. The largest absolute Gasteiger partial charge is 0.393 e. The van der Waals surface area contributed by atoms with Gasteiger partial charge in [0.25, 0.3) is 0 Å². The molecule has 1 rings (SSSR count). The lowest BCUT2D eigenvalue weighted by molar-refractivity contribution is 0.179.